The van der Waals surface area contributed by atoms with E-state index in [1.165, 1.54) is 13.4 Å². The van der Waals surface area contributed by atoms with Crippen LogP contribution in [0.3, 0.4) is 0 Å². The van der Waals surface area contributed by atoms with E-state index in [1.54, 1.807) is 29.8 Å². The van der Waals surface area contributed by atoms with Gasteiger partial charge in [0.15, 0.2) is 5.82 Å². The lowest BCUT2D eigenvalue weighted by Gasteiger charge is -2.12. The molecule has 29 heavy (non-hydrogen) atoms. The summed E-state index contributed by atoms with van der Waals surface area (Å²) in [5, 5.41) is 10.1. The van der Waals surface area contributed by atoms with Crippen LogP contribution in [0.5, 0.6) is 0 Å². The number of hydrogen-bond donors (Lipinski definition) is 3. The average molecular weight is 398 g/mol. The van der Waals surface area contributed by atoms with E-state index in [4.69, 9.17) is 4.74 Å². The number of hydrogen-bond acceptors (Lipinski definition) is 7. The first-order valence-corrected chi connectivity index (χ1v) is 8.92. The van der Waals surface area contributed by atoms with Crippen LogP contribution in [0.4, 0.5) is 22.0 Å². The predicted octanol–water partition coefficient (Wildman–Crippen LogP) is 2.95. The zero-order valence-electron chi connectivity index (χ0n) is 16.6. The third kappa shape index (κ3) is 4.27. The quantitative estimate of drug-likeness (QED) is 0.546. The molecule has 0 saturated heterocycles. The second kappa shape index (κ2) is 8.57. The lowest BCUT2D eigenvalue weighted by molar-refractivity contribution is 0.0537. The van der Waals surface area contributed by atoms with Gasteiger partial charge in [0.25, 0.3) is 5.91 Å². The number of nitrogens with zero attached hydrogens (tertiary/aromatic N) is 3. The van der Waals surface area contributed by atoms with Crippen molar-refractivity contribution in [3.8, 4) is 0 Å². The number of aromatic nitrogens is 3. The topological polar surface area (TPSA) is 119 Å². The van der Waals surface area contributed by atoms with E-state index in [1.807, 2.05) is 19.9 Å². The van der Waals surface area contributed by atoms with Gasteiger partial charge in [-0.3, -0.25) is 14.9 Å². The number of ether oxygens (including phenoxy) is 1. The first-order chi connectivity index (χ1) is 13.9. The number of nitrogens with one attached hydrogen (secondary N) is 3. The van der Waals surface area contributed by atoms with E-state index in [9.17, 15) is 9.59 Å². The fourth-order valence-corrected chi connectivity index (χ4v) is 2.83. The van der Waals surface area contributed by atoms with Crippen LogP contribution in [0.2, 0.25) is 0 Å². The highest BCUT2D eigenvalue weighted by Gasteiger charge is 2.16. The lowest BCUT2D eigenvalue weighted by atomic mass is 10.1. The van der Waals surface area contributed by atoms with Crippen molar-refractivity contribution in [2.24, 2.45) is 0 Å². The summed E-state index contributed by atoms with van der Waals surface area (Å²) in [6.45, 7) is 5.77. The van der Waals surface area contributed by atoms with Crippen molar-refractivity contribution in [1.82, 2.24) is 20.1 Å². The number of aryl methyl sites for hydroxylation is 2. The maximum atomic E-state index is 12.0. The standard InChI is InChI=1S/C19H22N6O4/c1-5-29-19(27)23-15-9-25-16(12(15)3)17(20-10-21-25)22-14-8-13(7-6-11(14)2)18(26)24-28-4/h6-10H,5H2,1-4H3,(H,23,27)(H,24,26)(H,20,21,22). The third-order valence-corrected chi connectivity index (χ3v) is 4.29. The molecule has 10 heteroatoms. The molecule has 0 saturated carbocycles. The fraction of sp³-hybridized carbons (Fsp3) is 0.263. The minimum atomic E-state index is -0.540. The molecule has 0 unspecified atom stereocenters. The first-order valence-electron chi connectivity index (χ1n) is 8.92. The Morgan fingerprint density at radius 3 is 2.72 bits per heavy atom. The predicted molar refractivity (Wildman–Crippen MR) is 107 cm³/mol. The molecule has 0 fully saturated rings. The highest BCUT2D eigenvalue weighted by Crippen LogP contribution is 2.29. The molecule has 0 aliphatic carbocycles. The largest absolute Gasteiger partial charge is 0.450 e. The van der Waals surface area contributed by atoms with E-state index in [2.05, 4.69) is 31.0 Å². The zero-order valence-corrected chi connectivity index (χ0v) is 16.6. The van der Waals surface area contributed by atoms with Crippen LogP contribution in [0.25, 0.3) is 5.52 Å². The Hall–Kier alpha value is -3.66. The molecule has 0 aliphatic rings. The second-order valence-corrected chi connectivity index (χ2v) is 6.21. The van der Waals surface area contributed by atoms with Gasteiger partial charge in [-0.15, -0.1) is 0 Å². The summed E-state index contributed by atoms with van der Waals surface area (Å²) in [6, 6.07) is 5.23. The molecule has 0 spiro atoms. The van der Waals surface area contributed by atoms with Crippen molar-refractivity contribution in [2.75, 3.05) is 24.4 Å². The normalized spacial score (nSPS) is 10.6. The number of carbonyl (C=O) groups excluding carboxylic acids is 2. The number of benzene rings is 1. The summed E-state index contributed by atoms with van der Waals surface area (Å²) in [5.74, 6) is 0.171. The van der Waals surface area contributed by atoms with Crippen LogP contribution in [0, 0.1) is 13.8 Å². The monoisotopic (exact) mass is 398 g/mol. The van der Waals surface area contributed by atoms with Gasteiger partial charge in [0.05, 0.1) is 25.6 Å². The SMILES string of the molecule is CCOC(=O)Nc1cn2ncnc(Nc3cc(C(=O)NOC)ccc3C)c2c1C. The van der Waals surface area contributed by atoms with Gasteiger partial charge in [0.2, 0.25) is 0 Å². The molecule has 1 aromatic carbocycles. The Bertz CT molecular complexity index is 1060. The first kappa shape index (κ1) is 20.1. The molecule has 3 rings (SSSR count). The fourth-order valence-electron chi connectivity index (χ4n) is 2.83. The van der Waals surface area contributed by atoms with Crippen LogP contribution >= 0.6 is 0 Å². The minimum absolute atomic E-state index is 0.275. The van der Waals surface area contributed by atoms with Crippen LogP contribution in [-0.2, 0) is 9.57 Å². The van der Waals surface area contributed by atoms with E-state index in [0.717, 1.165) is 11.1 Å². The molecule has 0 atom stereocenters. The molecule has 0 aliphatic heterocycles. The number of anilines is 3. The minimum Gasteiger partial charge on any atom is -0.450 e. The summed E-state index contributed by atoms with van der Waals surface area (Å²) in [5.41, 5.74) is 6.37. The summed E-state index contributed by atoms with van der Waals surface area (Å²) >= 11 is 0. The number of fused-ring (bicyclic) bond motifs is 1. The lowest BCUT2D eigenvalue weighted by Crippen LogP contribution is -2.21. The number of hydroxylamine groups is 1. The highest BCUT2D eigenvalue weighted by atomic mass is 16.6. The number of amides is 2. The Morgan fingerprint density at radius 1 is 1.21 bits per heavy atom. The molecule has 0 bridgehead atoms. The molecule has 3 aromatic rings. The van der Waals surface area contributed by atoms with Gasteiger partial charge in [-0.2, -0.15) is 5.10 Å². The van der Waals surface area contributed by atoms with Crippen LogP contribution in [-0.4, -0.2) is 40.3 Å². The molecule has 2 amide bonds. The van der Waals surface area contributed by atoms with Crippen molar-refractivity contribution in [2.45, 2.75) is 20.8 Å². The van der Waals surface area contributed by atoms with Gasteiger partial charge in [-0.05, 0) is 38.5 Å². The van der Waals surface area contributed by atoms with Crippen molar-refractivity contribution in [3.63, 3.8) is 0 Å². The number of rotatable bonds is 6. The van der Waals surface area contributed by atoms with E-state index < -0.39 is 6.09 Å². The van der Waals surface area contributed by atoms with Gasteiger partial charge >= 0.3 is 6.09 Å². The number of carbonyl (C=O) groups is 2. The van der Waals surface area contributed by atoms with Gasteiger partial charge < -0.3 is 10.1 Å². The third-order valence-electron chi connectivity index (χ3n) is 4.29. The summed E-state index contributed by atoms with van der Waals surface area (Å²) in [4.78, 5) is 32.8. The van der Waals surface area contributed by atoms with Crippen molar-refractivity contribution >= 4 is 34.7 Å². The summed E-state index contributed by atoms with van der Waals surface area (Å²) in [7, 11) is 1.38. The summed E-state index contributed by atoms with van der Waals surface area (Å²) < 4.78 is 6.55. The van der Waals surface area contributed by atoms with E-state index >= 15 is 0 Å². The zero-order chi connectivity index (χ0) is 21.0. The maximum absolute atomic E-state index is 12.0. The van der Waals surface area contributed by atoms with Gasteiger partial charge in [0.1, 0.15) is 11.8 Å². The summed E-state index contributed by atoms with van der Waals surface area (Å²) in [6.07, 6.45) is 2.55. The van der Waals surface area contributed by atoms with Crippen LogP contribution in [0.15, 0.2) is 30.7 Å². The molecule has 2 aromatic heterocycles. The van der Waals surface area contributed by atoms with Crippen molar-refractivity contribution in [3.05, 3.63) is 47.4 Å². The molecule has 2 heterocycles. The van der Waals surface area contributed by atoms with Gasteiger partial charge in [-0.25, -0.2) is 19.8 Å². The smallest absolute Gasteiger partial charge is 0.411 e. The molecular formula is C19H22N6O4. The maximum Gasteiger partial charge on any atom is 0.411 e. The molecule has 3 N–H and O–H groups in total. The Labute approximate surface area is 167 Å². The molecule has 0 radical (unpaired) electrons. The van der Waals surface area contributed by atoms with Crippen molar-refractivity contribution in [1.29, 1.82) is 0 Å². The van der Waals surface area contributed by atoms with E-state index in [-0.39, 0.29) is 12.5 Å². The Balaban J connectivity index is 1.97. The van der Waals surface area contributed by atoms with Gasteiger partial charge in [-0.1, -0.05) is 6.07 Å². The molecular weight excluding hydrogens is 376 g/mol. The average Bonchev–Trinajstić information content (AvgIpc) is 3.00. The highest BCUT2D eigenvalue weighted by molar-refractivity contribution is 5.95. The second-order valence-electron chi connectivity index (χ2n) is 6.21. The van der Waals surface area contributed by atoms with Crippen LogP contribution < -0.4 is 16.1 Å². The molecule has 10 nitrogen and oxygen atoms in total. The van der Waals surface area contributed by atoms with Crippen LogP contribution in [0.1, 0.15) is 28.4 Å². The Morgan fingerprint density at radius 2 is 2.00 bits per heavy atom. The Kier molecular flexibility index (Phi) is 5.93. The van der Waals surface area contributed by atoms with Gasteiger partial charge in [0, 0.05) is 16.8 Å². The molecule has 152 valence electrons. The van der Waals surface area contributed by atoms with E-state index in [0.29, 0.717) is 28.3 Å². The van der Waals surface area contributed by atoms with Crippen molar-refractivity contribution < 1.29 is 19.2 Å².